The molecule has 2 nitrogen and oxygen atoms in total. The number of nitrogens with one attached hydrogen (secondary N) is 1. The molecule has 1 aromatic rings. The van der Waals surface area contributed by atoms with Crippen LogP contribution in [0.4, 0.5) is 18.9 Å². The lowest BCUT2D eigenvalue weighted by molar-refractivity contribution is -0.136. The Kier molecular flexibility index (Phi) is 3.52. The largest absolute Gasteiger partial charge is 0.418 e. The van der Waals surface area contributed by atoms with Crippen molar-refractivity contribution in [3.8, 4) is 11.8 Å². The van der Waals surface area contributed by atoms with Gasteiger partial charge in [-0.2, -0.15) is 13.2 Å². The van der Waals surface area contributed by atoms with E-state index in [1.165, 1.54) is 6.07 Å². The van der Waals surface area contributed by atoms with Crippen molar-refractivity contribution in [3.63, 3.8) is 0 Å². The molecule has 0 radical (unpaired) electrons. The van der Waals surface area contributed by atoms with Crippen LogP contribution in [0.3, 0.4) is 0 Å². The van der Waals surface area contributed by atoms with Gasteiger partial charge in [-0.05, 0) is 25.0 Å². The summed E-state index contributed by atoms with van der Waals surface area (Å²) in [6.07, 6.45) is -3.54. The van der Waals surface area contributed by atoms with E-state index < -0.39 is 17.7 Å². The first-order chi connectivity index (χ1) is 8.95. The van der Waals surface area contributed by atoms with Crippen LogP contribution in [-0.2, 0) is 11.0 Å². The monoisotopic (exact) mass is 267 g/mol. The zero-order chi connectivity index (χ0) is 14.0. The minimum absolute atomic E-state index is 0.102. The van der Waals surface area contributed by atoms with Gasteiger partial charge in [-0.3, -0.25) is 4.79 Å². The molecule has 1 unspecified atom stereocenters. The van der Waals surface area contributed by atoms with Crippen LogP contribution in [0.25, 0.3) is 0 Å². The topological polar surface area (TPSA) is 29.1 Å². The maximum Gasteiger partial charge on any atom is 0.418 e. The van der Waals surface area contributed by atoms with Crippen molar-refractivity contribution in [3.05, 3.63) is 29.3 Å². The molecule has 0 spiro atoms. The van der Waals surface area contributed by atoms with Gasteiger partial charge in [0.1, 0.15) is 0 Å². The van der Waals surface area contributed by atoms with Crippen LogP contribution < -0.4 is 5.32 Å². The lowest BCUT2D eigenvalue weighted by atomic mass is 9.94. The molecule has 0 bridgehead atoms. The lowest BCUT2D eigenvalue weighted by Gasteiger charge is -2.11. The first kappa shape index (κ1) is 13.5. The Morgan fingerprint density at radius 3 is 2.74 bits per heavy atom. The van der Waals surface area contributed by atoms with E-state index in [0.717, 1.165) is 6.07 Å². The first-order valence-corrected chi connectivity index (χ1v) is 5.85. The van der Waals surface area contributed by atoms with E-state index in [-0.39, 0.29) is 11.6 Å². The number of hydrogen-bond acceptors (Lipinski definition) is 1. The molecule has 0 fully saturated rings. The molecule has 1 aliphatic heterocycles. The van der Waals surface area contributed by atoms with E-state index in [0.29, 0.717) is 18.4 Å². The molecule has 19 heavy (non-hydrogen) atoms. The van der Waals surface area contributed by atoms with Crippen molar-refractivity contribution in [2.45, 2.75) is 31.9 Å². The lowest BCUT2D eigenvalue weighted by Crippen LogP contribution is -2.13. The van der Waals surface area contributed by atoms with Gasteiger partial charge in [0.05, 0.1) is 17.2 Å². The number of fused-ring (bicyclic) bond motifs is 1. The van der Waals surface area contributed by atoms with Crippen LogP contribution in [0.1, 0.15) is 36.8 Å². The van der Waals surface area contributed by atoms with Crippen LogP contribution in [-0.4, -0.2) is 5.91 Å². The number of halogens is 3. The van der Waals surface area contributed by atoms with Gasteiger partial charge in [-0.1, -0.05) is 12.1 Å². The van der Waals surface area contributed by atoms with Gasteiger partial charge in [0.25, 0.3) is 0 Å². The highest BCUT2D eigenvalue weighted by Gasteiger charge is 2.40. The second kappa shape index (κ2) is 4.96. The van der Waals surface area contributed by atoms with Crippen molar-refractivity contribution >= 4 is 11.6 Å². The molecular formula is C14H12F3NO. The SMILES string of the molecule is CC#CCCC1C(=O)Nc2c1cccc2C(F)(F)F. The van der Waals surface area contributed by atoms with E-state index in [9.17, 15) is 18.0 Å². The normalized spacial score (nSPS) is 17.5. The van der Waals surface area contributed by atoms with E-state index in [1.54, 1.807) is 13.0 Å². The summed E-state index contributed by atoms with van der Waals surface area (Å²) in [5.41, 5.74) is -0.477. The zero-order valence-electron chi connectivity index (χ0n) is 10.3. The number of para-hydroxylation sites is 1. The predicted octanol–water partition coefficient (Wildman–Crippen LogP) is 3.54. The number of benzene rings is 1. The number of hydrogen-bond donors (Lipinski definition) is 1. The Morgan fingerprint density at radius 1 is 1.37 bits per heavy atom. The average Bonchev–Trinajstić information content (AvgIpc) is 2.64. The maximum atomic E-state index is 12.8. The Balaban J connectivity index is 2.36. The minimum atomic E-state index is -4.46. The Morgan fingerprint density at radius 2 is 2.11 bits per heavy atom. The summed E-state index contributed by atoms with van der Waals surface area (Å²) in [5.74, 6) is 4.60. The average molecular weight is 267 g/mol. The third-order valence-corrected chi connectivity index (χ3v) is 3.08. The van der Waals surface area contributed by atoms with Gasteiger partial charge in [0.15, 0.2) is 0 Å². The summed E-state index contributed by atoms with van der Waals surface area (Å²) in [5, 5.41) is 2.34. The minimum Gasteiger partial charge on any atom is -0.325 e. The number of carbonyl (C=O) groups excluding carboxylic acids is 1. The van der Waals surface area contributed by atoms with E-state index in [1.807, 2.05) is 0 Å². The second-order valence-corrected chi connectivity index (χ2v) is 4.27. The molecule has 0 saturated carbocycles. The molecule has 1 atom stereocenters. The summed E-state index contributed by atoms with van der Waals surface area (Å²) in [6.45, 7) is 1.68. The highest BCUT2D eigenvalue weighted by molar-refractivity contribution is 6.03. The van der Waals surface area contributed by atoms with Gasteiger partial charge in [0.2, 0.25) is 5.91 Å². The van der Waals surface area contributed by atoms with Gasteiger partial charge >= 0.3 is 6.18 Å². The van der Waals surface area contributed by atoms with Crippen molar-refractivity contribution in [2.24, 2.45) is 0 Å². The van der Waals surface area contributed by atoms with Crippen LogP contribution in [0.5, 0.6) is 0 Å². The third-order valence-electron chi connectivity index (χ3n) is 3.08. The van der Waals surface area contributed by atoms with E-state index in [4.69, 9.17) is 0 Å². The molecule has 1 aliphatic rings. The van der Waals surface area contributed by atoms with Crippen LogP contribution >= 0.6 is 0 Å². The molecule has 1 aromatic carbocycles. The van der Waals surface area contributed by atoms with Gasteiger partial charge in [0, 0.05) is 6.42 Å². The Bertz CT molecular complexity index is 566. The molecule has 0 aliphatic carbocycles. The van der Waals surface area contributed by atoms with E-state index in [2.05, 4.69) is 17.2 Å². The fourth-order valence-electron chi connectivity index (χ4n) is 2.22. The quantitative estimate of drug-likeness (QED) is 0.816. The first-order valence-electron chi connectivity index (χ1n) is 5.85. The number of amides is 1. The third kappa shape index (κ3) is 2.58. The number of carbonyl (C=O) groups is 1. The smallest absolute Gasteiger partial charge is 0.325 e. The molecule has 0 saturated heterocycles. The standard InChI is InChI=1S/C14H12F3NO/c1-2-3-4-6-10-9-7-5-8-11(14(15,16)17)12(9)18-13(10)19/h5,7-8,10H,4,6H2,1H3,(H,18,19). The van der Waals surface area contributed by atoms with Crippen molar-refractivity contribution < 1.29 is 18.0 Å². The fourth-order valence-corrected chi connectivity index (χ4v) is 2.22. The molecule has 2 rings (SSSR count). The molecule has 1 amide bonds. The highest BCUT2D eigenvalue weighted by Crippen LogP contribution is 2.43. The van der Waals surface area contributed by atoms with Gasteiger partial charge in [-0.25, -0.2) is 0 Å². The maximum absolute atomic E-state index is 12.8. The highest BCUT2D eigenvalue weighted by atomic mass is 19.4. The summed E-state index contributed by atoms with van der Waals surface area (Å²) in [7, 11) is 0. The molecule has 1 heterocycles. The number of rotatable bonds is 2. The number of anilines is 1. The van der Waals surface area contributed by atoms with Crippen molar-refractivity contribution in [1.29, 1.82) is 0 Å². The summed E-state index contributed by atoms with van der Waals surface area (Å²) < 4.78 is 38.5. The Labute approximate surface area is 109 Å². The van der Waals surface area contributed by atoms with Crippen LogP contribution in [0, 0.1) is 11.8 Å². The summed E-state index contributed by atoms with van der Waals surface area (Å²) >= 11 is 0. The zero-order valence-corrected chi connectivity index (χ0v) is 10.3. The number of alkyl halides is 3. The van der Waals surface area contributed by atoms with Gasteiger partial charge < -0.3 is 5.32 Å². The Hall–Kier alpha value is -1.96. The van der Waals surface area contributed by atoms with Crippen LogP contribution in [0.15, 0.2) is 18.2 Å². The molecule has 100 valence electrons. The predicted molar refractivity (Wildman–Crippen MR) is 65.5 cm³/mol. The van der Waals surface area contributed by atoms with Crippen LogP contribution in [0.2, 0.25) is 0 Å². The molecule has 1 N–H and O–H groups in total. The summed E-state index contributed by atoms with van der Waals surface area (Å²) in [6, 6.07) is 3.88. The summed E-state index contributed by atoms with van der Waals surface area (Å²) in [4.78, 5) is 11.8. The van der Waals surface area contributed by atoms with Crippen molar-refractivity contribution in [2.75, 3.05) is 5.32 Å². The molecular weight excluding hydrogens is 255 g/mol. The van der Waals surface area contributed by atoms with Crippen molar-refractivity contribution in [1.82, 2.24) is 0 Å². The fraction of sp³-hybridized carbons (Fsp3) is 0.357. The van der Waals surface area contributed by atoms with Gasteiger partial charge in [-0.15, -0.1) is 11.8 Å². The van der Waals surface area contributed by atoms with E-state index >= 15 is 0 Å². The molecule has 0 aromatic heterocycles. The molecule has 5 heteroatoms. The second-order valence-electron chi connectivity index (χ2n) is 4.27.